The van der Waals surface area contributed by atoms with Crippen LogP contribution in [0.3, 0.4) is 0 Å². The molecule has 2 N–H and O–H groups in total. The van der Waals surface area contributed by atoms with E-state index in [9.17, 15) is 14.7 Å². The highest BCUT2D eigenvalue weighted by Crippen LogP contribution is 2.42. The molecule has 1 aliphatic carbocycles. The molecule has 31 heavy (non-hydrogen) atoms. The summed E-state index contributed by atoms with van der Waals surface area (Å²) >= 11 is 0. The Balaban J connectivity index is 1.53. The highest BCUT2D eigenvalue weighted by molar-refractivity contribution is 6.09. The van der Waals surface area contributed by atoms with Crippen molar-refractivity contribution in [2.24, 2.45) is 5.41 Å². The number of rotatable bonds is 7. The van der Waals surface area contributed by atoms with E-state index in [1.807, 2.05) is 0 Å². The smallest absolute Gasteiger partial charge is 0.319 e. The van der Waals surface area contributed by atoms with Crippen LogP contribution in [0.5, 0.6) is 23.0 Å². The zero-order valence-corrected chi connectivity index (χ0v) is 17.2. The number of benzene rings is 2. The van der Waals surface area contributed by atoms with Crippen molar-refractivity contribution in [3.63, 3.8) is 0 Å². The molecule has 1 fully saturated rings. The first-order chi connectivity index (χ1) is 15.0. The van der Waals surface area contributed by atoms with E-state index in [1.54, 1.807) is 62.9 Å². The second-order valence-electron chi connectivity index (χ2n) is 7.35. The number of hydrogen-bond donors (Lipinski definition) is 2. The highest BCUT2D eigenvalue weighted by Gasteiger charge is 2.51. The molecule has 2 aromatic carbocycles. The molecule has 160 valence electrons. The summed E-state index contributed by atoms with van der Waals surface area (Å²) in [5, 5.41) is 12.8. The molecule has 1 aliphatic rings. The predicted octanol–water partition coefficient (Wildman–Crippen LogP) is 4.24. The van der Waals surface area contributed by atoms with Crippen LogP contribution in [0.15, 0.2) is 48.7 Å². The molecule has 0 saturated heterocycles. The number of aromatic nitrogens is 1. The van der Waals surface area contributed by atoms with E-state index in [1.165, 1.54) is 0 Å². The van der Waals surface area contributed by atoms with Crippen molar-refractivity contribution in [2.75, 3.05) is 19.5 Å². The molecule has 0 unspecified atom stereocenters. The minimum Gasteiger partial charge on any atom is -0.493 e. The van der Waals surface area contributed by atoms with E-state index in [0.29, 0.717) is 47.0 Å². The van der Waals surface area contributed by atoms with Gasteiger partial charge in [-0.1, -0.05) is 6.42 Å². The van der Waals surface area contributed by atoms with Crippen molar-refractivity contribution < 1.29 is 28.9 Å². The number of anilines is 1. The highest BCUT2D eigenvalue weighted by atomic mass is 16.5. The Bertz CT molecular complexity index is 1140. The summed E-state index contributed by atoms with van der Waals surface area (Å²) in [6.45, 7) is 0. The molecule has 0 bridgehead atoms. The Labute approximate surface area is 178 Å². The standard InChI is InChI=1S/C23H22N2O6/c1-29-19-12-16-17(13-20(19)30-2)24-11-8-18(16)31-15-6-4-14(5-7-15)25-21(26)23(22(27)28)9-3-10-23/h4-8,11-13H,3,9-10H2,1-2H3,(H,25,26)(H,27,28). The van der Waals surface area contributed by atoms with Crippen LogP contribution in [0, 0.1) is 5.41 Å². The van der Waals surface area contributed by atoms with Crippen molar-refractivity contribution in [1.29, 1.82) is 0 Å². The van der Waals surface area contributed by atoms with Gasteiger partial charge in [0.25, 0.3) is 0 Å². The third-order valence-electron chi connectivity index (χ3n) is 5.60. The van der Waals surface area contributed by atoms with Crippen molar-refractivity contribution in [1.82, 2.24) is 4.98 Å². The summed E-state index contributed by atoms with van der Waals surface area (Å²) in [6, 6.07) is 12.1. The number of carboxylic acids is 1. The first-order valence-electron chi connectivity index (χ1n) is 9.80. The van der Waals surface area contributed by atoms with Crippen LogP contribution in [0.4, 0.5) is 5.69 Å². The van der Waals surface area contributed by atoms with Gasteiger partial charge in [-0.25, -0.2) is 0 Å². The van der Waals surface area contributed by atoms with Gasteiger partial charge in [0.1, 0.15) is 16.9 Å². The number of ether oxygens (including phenoxy) is 3. The van der Waals surface area contributed by atoms with E-state index in [0.717, 1.165) is 11.8 Å². The van der Waals surface area contributed by atoms with Gasteiger partial charge in [0.15, 0.2) is 11.5 Å². The summed E-state index contributed by atoms with van der Waals surface area (Å²) in [7, 11) is 3.12. The van der Waals surface area contributed by atoms with E-state index < -0.39 is 17.3 Å². The normalized spacial score (nSPS) is 14.4. The first-order valence-corrected chi connectivity index (χ1v) is 9.80. The lowest BCUT2D eigenvalue weighted by molar-refractivity contribution is -0.159. The fourth-order valence-corrected chi connectivity index (χ4v) is 3.59. The molecule has 0 atom stereocenters. The lowest BCUT2D eigenvalue weighted by atomic mass is 9.68. The monoisotopic (exact) mass is 422 g/mol. The summed E-state index contributed by atoms with van der Waals surface area (Å²) < 4.78 is 16.7. The van der Waals surface area contributed by atoms with Crippen molar-refractivity contribution in [3.8, 4) is 23.0 Å². The first kappa shape index (κ1) is 20.5. The Hall–Kier alpha value is -3.81. The van der Waals surface area contributed by atoms with Crippen LogP contribution in [-0.4, -0.2) is 36.2 Å². The largest absolute Gasteiger partial charge is 0.493 e. The molecule has 8 nitrogen and oxygen atoms in total. The zero-order valence-electron chi connectivity index (χ0n) is 17.2. The topological polar surface area (TPSA) is 107 Å². The van der Waals surface area contributed by atoms with Gasteiger partial charge in [-0.3, -0.25) is 14.6 Å². The minimum absolute atomic E-state index is 0.360. The number of carbonyl (C=O) groups excluding carboxylic acids is 1. The SMILES string of the molecule is COc1cc2nccc(Oc3ccc(NC(=O)C4(C(=O)O)CCC4)cc3)c2cc1OC. The van der Waals surface area contributed by atoms with Gasteiger partial charge in [-0.05, 0) is 49.2 Å². The average molecular weight is 422 g/mol. The van der Waals surface area contributed by atoms with Gasteiger partial charge in [0.2, 0.25) is 5.91 Å². The van der Waals surface area contributed by atoms with E-state index in [4.69, 9.17) is 14.2 Å². The number of nitrogens with zero attached hydrogens (tertiary/aromatic N) is 1. The number of fused-ring (bicyclic) bond motifs is 1. The van der Waals surface area contributed by atoms with Gasteiger partial charge in [-0.15, -0.1) is 0 Å². The third kappa shape index (κ3) is 3.72. The average Bonchev–Trinajstić information content (AvgIpc) is 2.73. The number of pyridine rings is 1. The second kappa shape index (κ2) is 8.14. The fraction of sp³-hybridized carbons (Fsp3) is 0.261. The molecule has 1 aromatic heterocycles. The van der Waals surface area contributed by atoms with Gasteiger partial charge >= 0.3 is 5.97 Å². The Kier molecular flexibility index (Phi) is 5.37. The Morgan fingerprint density at radius 1 is 1.00 bits per heavy atom. The quantitative estimate of drug-likeness (QED) is 0.549. The van der Waals surface area contributed by atoms with Crippen LogP contribution in [0.1, 0.15) is 19.3 Å². The maximum atomic E-state index is 12.4. The summed E-state index contributed by atoms with van der Waals surface area (Å²) in [4.78, 5) is 28.3. The molecule has 1 amide bonds. The molecule has 0 radical (unpaired) electrons. The van der Waals surface area contributed by atoms with Gasteiger partial charge in [-0.2, -0.15) is 0 Å². The number of amides is 1. The molecule has 0 aliphatic heterocycles. The minimum atomic E-state index is -1.31. The zero-order chi connectivity index (χ0) is 22.0. The van der Waals surface area contributed by atoms with Gasteiger partial charge in [0.05, 0.1) is 19.7 Å². The molecular formula is C23H22N2O6. The van der Waals surface area contributed by atoms with E-state index in [-0.39, 0.29) is 0 Å². The number of hydrogen-bond acceptors (Lipinski definition) is 6. The number of carboxylic acid groups (broad SMARTS) is 1. The van der Waals surface area contributed by atoms with Crippen LogP contribution in [-0.2, 0) is 9.59 Å². The molecule has 4 rings (SSSR count). The number of methoxy groups -OCH3 is 2. The lowest BCUT2D eigenvalue weighted by Crippen LogP contribution is -2.48. The molecule has 0 spiro atoms. The van der Waals surface area contributed by atoms with Crippen LogP contribution >= 0.6 is 0 Å². The Morgan fingerprint density at radius 2 is 1.68 bits per heavy atom. The van der Waals surface area contributed by atoms with E-state index in [2.05, 4.69) is 10.3 Å². The van der Waals surface area contributed by atoms with E-state index >= 15 is 0 Å². The van der Waals surface area contributed by atoms with Crippen molar-refractivity contribution >= 4 is 28.5 Å². The summed E-state index contributed by atoms with van der Waals surface area (Å²) in [5.74, 6) is 0.715. The fourth-order valence-electron chi connectivity index (χ4n) is 3.59. The molecule has 3 aromatic rings. The van der Waals surface area contributed by atoms with Crippen LogP contribution in [0.25, 0.3) is 10.9 Å². The molecular weight excluding hydrogens is 400 g/mol. The van der Waals surface area contributed by atoms with Crippen LogP contribution in [0.2, 0.25) is 0 Å². The van der Waals surface area contributed by atoms with Crippen molar-refractivity contribution in [3.05, 3.63) is 48.7 Å². The van der Waals surface area contributed by atoms with Crippen molar-refractivity contribution in [2.45, 2.75) is 19.3 Å². The summed E-state index contributed by atoms with van der Waals surface area (Å²) in [5.41, 5.74) is -0.111. The third-order valence-corrected chi connectivity index (χ3v) is 5.60. The summed E-state index contributed by atoms with van der Waals surface area (Å²) in [6.07, 6.45) is 3.10. The van der Waals surface area contributed by atoms with Gasteiger partial charge in [0, 0.05) is 23.3 Å². The molecule has 8 heteroatoms. The second-order valence-corrected chi connectivity index (χ2v) is 7.35. The molecule has 1 heterocycles. The molecule has 1 saturated carbocycles. The van der Waals surface area contributed by atoms with Gasteiger partial charge < -0.3 is 24.6 Å². The Morgan fingerprint density at radius 3 is 2.26 bits per heavy atom. The maximum Gasteiger partial charge on any atom is 0.319 e. The lowest BCUT2D eigenvalue weighted by Gasteiger charge is -2.35. The van der Waals surface area contributed by atoms with Crippen LogP contribution < -0.4 is 19.5 Å². The number of aliphatic carboxylic acids is 1. The number of nitrogens with one attached hydrogen (secondary N) is 1. The number of carbonyl (C=O) groups is 2. The predicted molar refractivity (Wildman–Crippen MR) is 114 cm³/mol. The maximum absolute atomic E-state index is 12.4.